The molecule has 0 aliphatic carbocycles. The van der Waals surface area contributed by atoms with Crippen LogP contribution < -0.4 is 9.47 Å². The summed E-state index contributed by atoms with van der Waals surface area (Å²) in [6.07, 6.45) is 0.522. The van der Waals surface area contributed by atoms with Crippen LogP contribution in [0, 0.1) is 0 Å². The quantitative estimate of drug-likeness (QED) is 0.802. The van der Waals surface area contributed by atoms with Crippen LogP contribution in [0.3, 0.4) is 0 Å². The predicted octanol–water partition coefficient (Wildman–Crippen LogP) is 1.65. The summed E-state index contributed by atoms with van der Waals surface area (Å²) in [7, 11) is 1.57. The minimum atomic E-state index is -0.801. The molecule has 0 aromatic heterocycles. The summed E-state index contributed by atoms with van der Waals surface area (Å²) in [6.45, 7) is 0.442. The molecule has 1 aliphatic heterocycles. The normalized spacial score (nSPS) is 18.9. The molecule has 0 amide bonds. The van der Waals surface area contributed by atoms with Gasteiger partial charge in [0.2, 0.25) is 0 Å². The zero-order chi connectivity index (χ0) is 10.8. The Bertz CT molecular complexity index is 386. The minimum absolute atomic E-state index is 0.442. The van der Waals surface area contributed by atoms with Crippen molar-refractivity contribution in [3.8, 4) is 11.5 Å². The number of hydrogen-bond acceptors (Lipinski definition) is 3. The minimum Gasteiger partial charge on any atom is -0.497 e. The van der Waals surface area contributed by atoms with Crippen LogP contribution in [0.15, 0.2) is 18.2 Å². The van der Waals surface area contributed by atoms with E-state index >= 15 is 0 Å². The molecule has 1 aromatic carbocycles. The average Bonchev–Trinajstić information content (AvgIpc) is 2.27. The monoisotopic (exact) mass is 208 g/mol. The first kappa shape index (κ1) is 9.83. The molecule has 0 spiro atoms. The first-order chi connectivity index (χ1) is 7.22. The number of benzene rings is 1. The molecule has 80 valence electrons. The third kappa shape index (κ3) is 1.75. The van der Waals surface area contributed by atoms with E-state index in [0.717, 1.165) is 5.56 Å². The molecule has 4 nitrogen and oxygen atoms in total. The maximum Gasteiger partial charge on any atom is 0.311 e. The Morgan fingerprint density at radius 1 is 1.60 bits per heavy atom. The van der Waals surface area contributed by atoms with Gasteiger partial charge >= 0.3 is 5.97 Å². The van der Waals surface area contributed by atoms with Gasteiger partial charge in [-0.25, -0.2) is 0 Å². The molecule has 4 heteroatoms. The Labute approximate surface area is 87.4 Å². The first-order valence-electron chi connectivity index (χ1n) is 4.76. The van der Waals surface area contributed by atoms with Crippen molar-refractivity contribution in [3.05, 3.63) is 23.8 Å². The molecule has 1 N–H and O–H groups in total. The van der Waals surface area contributed by atoms with Crippen molar-refractivity contribution in [2.75, 3.05) is 13.7 Å². The third-order valence-electron chi connectivity index (χ3n) is 2.56. The Morgan fingerprint density at radius 3 is 3.07 bits per heavy atom. The number of carbonyl (C=O) groups is 1. The van der Waals surface area contributed by atoms with Crippen LogP contribution in [0.4, 0.5) is 0 Å². The number of rotatable bonds is 2. The van der Waals surface area contributed by atoms with Gasteiger partial charge in [0.25, 0.3) is 0 Å². The lowest BCUT2D eigenvalue weighted by Gasteiger charge is -2.23. The van der Waals surface area contributed by atoms with E-state index in [1.54, 1.807) is 25.3 Å². The Hall–Kier alpha value is -1.71. The molecule has 0 unspecified atom stereocenters. The Balaban J connectivity index is 2.40. The zero-order valence-electron chi connectivity index (χ0n) is 8.40. The number of fused-ring (bicyclic) bond motifs is 1. The molecule has 1 aliphatic rings. The predicted molar refractivity (Wildman–Crippen MR) is 53.5 cm³/mol. The van der Waals surface area contributed by atoms with Gasteiger partial charge in [-0.2, -0.15) is 0 Å². The van der Waals surface area contributed by atoms with Crippen molar-refractivity contribution in [2.24, 2.45) is 0 Å². The maximum atomic E-state index is 11.0. The number of hydrogen-bond donors (Lipinski definition) is 1. The largest absolute Gasteiger partial charge is 0.497 e. The van der Waals surface area contributed by atoms with Gasteiger partial charge in [-0.1, -0.05) is 6.07 Å². The lowest BCUT2D eigenvalue weighted by atomic mass is 9.93. The lowest BCUT2D eigenvalue weighted by molar-refractivity contribution is -0.139. The highest BCUT2D eigenvalue weighted by molar-refractivity contribution is 5.77. The summed E-state index contributed by atoms with van der Waals surface area (Å²) < 4.78 is 10.5. The molecule has 1 aromatic rings. The molecule has 0 saturated heterocycles. The Kier molecular flexibility index (Phi) is 2.49. The first-order valence-corrected chi connectivity index (χ1v) is 4.76. The third-order valence-corrected chi connectivity index (χ3v) is 2.56. The molecule has 1 heterocycles. The van der Waals surface area contributed by atoms with Crippen LogP contribution in [0.1, 0.15) is 17.9 Å². The highest BCUT2D eigenvalue weighted by Gasteiger charge is 2.27. The van der Waals surface area contributed by atoms with Gasteiger partial charge in [-0.15, -0.1) is 0 Å². The van der Waals surface area contributed by atoms with Gasteiger partial charge in [0.05, 0.1) is 19.6 Å². The van der Waals surface area contributed by atoms with E-state index in [1.165, 1.54) is 0 Å². The second-order valence-corrected chi connectivity index (χ2v) is 3.43. The molecule has 2 rings (SSSR count). The van der Waals surface area contributed by atoms with E-state index in [2.05, 4.69) is 0 Å². The van der Waals surface area contributed by atoms with Crippen molar-refractivity contribution in [1.29, 1.82) is 0 Å². The zero-order valence-corrected chi connectivity index (χ0v) is 8.40. The molecule has 0 saturated carbocycles. The van der Waals surface area contributed by atoms with Crippen molar-refractivity contribution in [2.45, 2.75) is 12.3 Å². The molecule has 0 fully saturated rings. The van der Waals surface area contributed by atoms with E-state index in [1.807, 2.05) is 0 Å². The van der Waals surface area contributed by atoms with Gasteiger partial charge in [0.1, 0.15) is 11.5 Å². The van der Waals surface area contributed by atoms with Crippen LogP contribution in [0.25, 0.3) is 0 Å². The fourth-order valence-corrected chi connectivity index (χ4v) is 1.75. The number of methoxy groups -OCH3 is 1. The van der Waals surface area contributed by atoms with Crippen molar-refractivity contribution >= 4 is 5.97 Å². The maximum absolute atomic E-state index is 11.0. The number of carboxylic acid groups (broad SMARTS) is 1. The molecule has 1 atom stereocenters. The van der Waals surface area contributed by atoms with Gasteiger partial charge in [-0.05, 0) is 12.5 Å². The standard InChI is InChI=1S/C11H12O4/c1-14-7-2-3-8-9(11(12)13)4-5-15-10(8)6-7/h2-3,6,9H,4-5H2,1H3,(H,12,13)/t9-/m0/s1. The van der Waals surface area contributed by atoms with Crippen molar-refractivity contribution in [3.63, 3.8) is 0 Å². The highest BCUT2D eigenvalue weighted by atomic mass is 16.5. The summed E-state index contributed by atoms with van der Waals surface area (Å²) >= 11 is 0. The summed E-state index contributed by atoms with van der Waals surface area (Å²) in [5, 5.41) is 9.02. The SMILES string of the molecule is COc1ccc2c(c1)OCC[C@@H]2C(=O)O. The molecule has 15 heavy (non-hydrogen) atoms. The lowest BCUT2D eigenvalue weighted by Crippen LogP contribution is -2.20. The van der Waals surface area contributed by atoms with Crippen LogP contribution in [0.2, 0.25) is 0 Å². The van der Waals surface area contributed by atoms with E-state index in [9.17, 15) is 4.79 Å². The van der Waals surface area contributed by atoms with E-state index in [-0.39, 0.29) is 0 Å². The van der Waals surface area contributed by atoms with E-state index < -0.39 is 11.9 Å². The Morgan fingerprint density at radius 2 is 2.40 bits per heavy atom. The van der Waals surface area contributed by atoms with Gasteiger partial charge in [0, 0.05) is 11.6 Å². The number of aliphatic carboxylic acids is 1. The number of carboxylic acids is 1. The molecule has 0 bridgehead atoms. The van der Waals surface area contributed by atoms with Gasteiger partial charge in [0.15, 0.2) is 0 Å². The van der Waals surface area contributed by atoms with Crippen molar-refractivity contribution < 1.29 is 19.4 Å². The van der Waals surface area contributed by atoms with Gasteiger partial charge in [-0.3, -0.25) is 4.79 Å². The molecular formula is C11H12O4. The van der Waals surface area contributed by atoms with Gasteiger partial charge < -0.3 is 14.6 Å². The fraction of sp³-hybridized carbons (Fsp3) is 0.364. The highest BCUT2D eigenvalue weighted by Crippen LogP contribution is 2.36. The summed E-state index contributed by atoms with van der Waals surface area (Å²) in [5.41, 5.74) is 0.731. The van der Waals surface area contributed by atoms with Crippen molar-refractivity contribution in [1.82, 2.24) is 0 Å². The average molecular weight is 208 g/mol. The van der Waals surface area contributed by atoms with E-state index in [4.69, 9.17) is 14.6 Å². The summed E-state index contributed by atoms with van der Waals surface area (Å²) in [5.74, 6) is 0.0390. The fourth-order valence-electron chi connectivity index (χ4n) is 1.75. The smallest absolute Gasteiger partial charge is 0.311 e. The second kappa shape index (κ2) is 3.81. The van der Waals surface area contributed by atoms with Crippen LogP contribution >= 0.6 is 0 Å². The molecule has 0 radical (unpaired) electrons. The van der Waals surface area contributed by atoms with E-state index in [0.29, 0.717) is 24.5 Å². The molecular weight excluding hydrogens is 196 g/mol. The summed E-state index contributed by atoms with van der Waals surface area (Å²) in [6, 6.07) is 5.24. The van der Waals surface area contributed by atoms with Crippen LogP contribution in [-0.2, 0) is 4.79 Å². The topological polar surface area (TPSA) is 55.8 Å². The summed E-state index contributed by atoms with van der Waals surface area (Å²) in [4.78, 5) is 11.0. The second-order valence-electron chi connectivity index (χ2n) is 3.43. The van der Waals surface area contributed by atoms with Crippen LogP contribution in [-0.4, -0.2) is 24.8 Å². The van der Waals surface area contributed by atoms with Crippen LogP contribution in [0.5, 0.6) is 11.5 Å². The number of ether oxygens (including phenoxy) is 2.